The van der Waals surface area contributed by atoms with Crippen LogP contribution in [-0.4, -0.2) is 15.1 Å². The second-order valence-electron chi connectivity index (χ2n) is 2.22. The summed E-state index contributed by atoms with van der Waals surface area (Å²) in [6, 6.07) is 4.96. The lowest BCUT2D eigenvalue weighted by atomic mass is 10.4. The minimum absolute atomic E-state index is 0.106. The molecule has 0 fully saturated rings. The van der Waals surface area contributed by atoms with Crippen LogP contribution in [0.25, 0.3) is 11.0 Å². The maximum atomic E-state index is 9.01. The summed E-state index contributed by atoms with van der Waals surface area (Å²) in [6.07, 6.45) is 0. The molecular formula is C7H5ClN2O. The molecule has 2 heterocycles. The van der Waals surface area contributed by atoms with Crippen molar-refractivity contribution in [2.75, 3.05) is 0 Å². The van der Waals surface area contributed by atoms with E-state index in [4.69, 9.17) is 16.7 Å². The maximum absolute atomic E-state index is 9.01. The van der Waals surface area contributed by atoms with Gasteiger partial charge in [0, 0.05) is 6.07 Å². The summed E-state index contributed by atoms with van der Waals surface area (Å²) in [7, 11) is 0. The van der Waals surface area contributed by atoms with Crippen molar-refractivity contribution in [1.29, 1.82) is 0 Å². The van der Waals surface area contributed by atoms with Gasteiger partial charge in [-0.2, -0.15) is 0 Å². The van der Waals surface area contributed by atoms with Gasteiger partial charge in [-0.25, -0.2) is 4.98 Å². The van der Waals surface area contributed by atoms with Gasteiger partial charge >= 0.3 is 0 Å². The Balaban J connectivity index is 2.82. The van der Waals surface area contributed by atoms with Crippen LogP contribution in [0, 0.1) is 0 Å². The molecule has 3 nitrogen and oxygen atoms in total. The number of nitrogens with zero attached hydrogens (tertiary/aromatic N) is 1. The van der Waals surface area contributed by atoms with Crippen LogP contribution in [0.4, 0.5) is 0 Å². The minimum atomic E-state index is 0.106. The van der Waals surface area contributed by atoms with E-state index in [0.717, 1.165) is 5.52 Å². The van der Waals surface area contributed by atoms with Crippen LogP contribution in [0.2, 0.25) is 5.15 Å². The fraction of sp³-hybridized carbons (Fsp3) is 0. The predicted molar refractivity (Wildman–Crippen MR) is 42.8 cm³/mol. The number of rotatable bonds is 0. The van der Waals surface area contributed by atoms with Gasteiger partial charge in [0.2, 0.25) is 0 Å². The van der Waals surface area contributed by atoms with Crippen molar-refractivity contribution in [3.63, 3.8) is 0 Å². The highest BCUT2D eigenvalue weighted by molar-refractivity contribution is 6.29. The molecule has 0 saturated carbocycles. The van der Waals surface area contributed by atoms with E-state index in [1.807, 2.05) is 0 Å². The van der Waals surface area contributed by atoms with Crippen LogP contribution < -0.4 is 0 Å². The molecule has 0 atom stereocenters. The Morgan fingerprint density at radius 2 is 2.27 bits per heavy atom. The predicted octanol–water partition coefficient (Wildman–Crippen LogP) is 1.92. The molecule has 0 amide bonds. The molecule has 56 valence electrons. The maximum Gasteiger partial charge on any atom is 0.190 e. The second-order valence-corrected chi connectivity index (χ2v) is 2.61. The molecule has 0 aliphatic rings. The normalized spacial score (nSPS) is 10.6. The van der Waals surface area contributed by atoms with Gasteiger partial charge < -0.3 is 10.1 Å². The zero-order valence-corrected chi connectivity index (χ0v) is 6.26. The summed E-state index contributed by atoms with van der Waals surface area (Å²) in [5.41, 5.74) is 1.46. The lowest BCUT2D eigenvalue weighted by Gasteiger charge is -1.87. The topological polar surface area (TPSA) is 48.9 Å². The molecule has 2 aromatic rings. The zero-order valence-electron chi connectivity index (χ0n) is 5.50. The molecule has 0 aliphatic carbocycles. The Morgan fingerprint density at radius 1 is 1.45 bits per heavy atom. The highest BCUT2D eigenvalue weighted by atomic mass is 35.5. The first-order valence-corrected chi connectivity index (χ1v) is 3.48. The summed E-state index contributed by atoms with van der Waals surface area (Å²) < 4.78 is 0. The number of halogens is 1. The molecule has 0 spiro atoms. The van der Waals surface area contributed by atoms with Crippen molar-refractivity contribution >= 4 is 22.6 Å². The number of aromatic nitrogens is 2. The summed E-state index contributed by atoms with van der Waals surface area (Å²) in [4.78, 5) is 6.69. The monoisotopic (exact) mass is 168 g/mol. The van der Waals surface area contributed by atoms with Crippen molar-refractivity contribution in [3.8, 4) is 5.88 Å². The quantitative estimate of drug-likeness (QED) is 0.591. The highest BCUT2D eigenvalue weighted by Crippen LogP contribution is 2.18. The highest BCUT2D eigenvalue weighted by Gasteiger charge is 1.99. The van der Waals surface area contributed by atoms with Gasteiger partial charge in [-0.05, 0) is 12.1 Å². The van der Waals surface area contributed by atoms with Crippen molar-refractivity contribution in [2.45, 2.75) is 0 Å². The Kier molecular flexibility index (Phi) is 1.26. The van der Waals surface area contributed by atoms with Crippen LogP contribution >= 0.6 is 11.6 Å². The first kappa shape index (κ1) is 6.49. The van der Waals surface area contributed by atoms with Gasteiger partial charge in [-0.3, -0.25) is 0 Å². The number of pyridine rings is 1. The van der Waals surface area contributed by atoms with Crippen LogP contribution in [0.15, 0.2) is 18.2 Å². The van der Waals surface area contributed by atoms with Gasteiger partial charge in [0.15, 0.2) is 5.88 Å². The van der Waals surface area contributed by atoms with E-state index in [1.165, 1.54) is 6.07 Å². The molecule has 0 bridgehead atoms. The number of H-pyrrole nitrogens is 1. The number of aromatic hydroxyl groups is 1. The SMILES string of the molecule is Oc1cc2nc(Cl)ccc2[nH]1. The Labute approximate surface area is 67.6 Å². The Bertz CT molecular complexity index is 396. The van der Waals surface area contributed by atoms with E-state index >= 15 is 0 Å². The third-order valence-electron chi connectivity index (χ3n) is 1.43. The van der Waals surface area contributed by atoms with Crippen molar-refractivity contribution in [2.24, 2.45) is 0 Å². The standard InChI is InChI=1S/C7H5ClN2O/c8-6-2-1-4-5(9-6)3-7(11)10-4/h1-3,10-11H. The molecule has 2 rings (SSSR count). The molecule has 11 heavy (non-hydrogen) atoms. The van der Waals surface area contributed by atoms with Crippen LogP contribution in [-0.2, 0) is 0 Å². The van der Waals surface area contributed by atoms with Crippen molar-refractivity contribution in [3.05, 3.63) is 23.4 Å². The molecule has 0 aromatic carbocycles. The fourth-order valence-electron chi connectivity index (χ4n) is 0.969. The van der Waals surface area contributed by atoms with E-state index < -0.39 is 0 Å². The molecular weight excluding hydrogens is 164 g/mol. The summed E-state index contributed by atoms with van der Waals surface area (Å²) >= 11 is 5.62. The number of hydrogen-bond donors (Lipinski definition) is 2. The Morgan fingerprint density at radius 3 is 3.09 bits per heavy atom. The molecule has 0 radical (unpaired) electrons. The fourth-order valence-corrected chi connectivity index (χ4v) is 1.12. The van der Waals surface area contributed by atoms with Crippen LogP contribution in [0.1, 0.15) is 0 Å². The summed E-state index contributed by atoms with van der Waals surface area (Å²) in [5.74, 6) is 0.106. The lowest BCUT2D eigenvalue weighted by molar-refractivity contribution is 0.458. The van der Waals surface area contributed by atoms with Crippen molar-refractivity contribution < 1.29 is 5.11 Å². The third kappa shape index (κ3) is 1.03. The number of fused-ring (bicyclic) bond motifs is 1. The van der Waals surface area contributed by atoms with E-state index in [2.05, 4.69) is 9.97 Å². The number of aromatic amines is 1. The van der Waals surface area contributed by atoms with Gasteiger partial charge in [0.05, 0.1) is 11.0 Å². The lowest BCUT2D eigenvalue weighted by Crippen LogP contribution is -1.73. The van der Waals surface area contributed by atoms with Crippen LogP contribution in [0.5, 0.6) is 5.88 Å². The van der Waals surface area contributed by atoms with Gasteiger partial charge in [-0.1, -0.05) is 11.6 Å². The molecule has 2 N–H and O–H groups in total. The number of hydrogen-bond acceptors (Lipinski definition) is 2. The molecule has 0 saturated heterocycles. The molecule has 0 aliphatic heterocycles. The minimum Gasteiger partial charge on any atom is -0.495 e. The van der Waals surface area contributed by atoms with E-state index in [0.29, 0.717) is 10.7 Å². The first-order chi connectivity index (χ1) is 5.25. The van der Waals surface area contributed by atoms with Gasteiger partial charge in [-0.15, -0.1) is 0 Å². The van der Waals surface area contributed by atoms with Gasteiger partial charge in [0.25, 0.3) is 0 Å². The van der Waals surface area contributed by atoms with Crippen LogP contribution in [0.3, 0.4) is 0 Å². The molecule has 2 aromatic heterocycles. The first-order valence-electron chi connectivity index (χ1n) is 3.10. The summed E-state index contributed by atoms with van der Waals surface area (Å²) in [5, 5.41) is 9.44. The van der Waals surface area contributed by atoms with Gasteiger partial charge in [0.1, 0.15) is 5.15 Å². The molecule has 0 unspecified atom stereocenters. The smallest absolute Gasteiger partial charge is 0.190 e. The summed E-state index contributed by atoms with van der Waals surface area (Å²) in [6.45, 7) is 0. The average molecular weight is 169 g/mol. The van der Waals surface area contributed by atoms with E-state index in [9.17, 15) is 0 Å². The largest absolute Gasteiger partial charge is 0.495 e. The van der Waals surface area contributed by atoms with Crippen molar-refractivity contribution in [1.82, 2.24) is 9.97 Å². The second kappa shape index (κ2) is 2.13. The zero-order chi connectivity index (χ0) is 7.84. The molecule has 4 heteroatoms. The Hall–Kier alpha value is -1.22. The van der Waals surface area contributed by atoms with E-state index in [-0.39, 0.29) is 5.88 Å². The van der Waals surface area contributed by atoms with E-state index in [1.54, 1.807) is 12.1 Å². The third-order valence-corrected chi connectivity index (χ3v) is 1.64. The number of nitrogens with one attached hydrogen (secondary N) is 1. The average Bonchev–Trinajstić information content (AvgIpc) is 2.27.